The van der Waals surface area contributed by atoms with Crippen LogP contribution < -0.4 is 9.47 Å². The van der Waals surface area contributed by atoms with Crippen LogP contribution in [0.2, 0.25) is 0 Å². The van der Waals surface area contributed by atoms with E-state index in [1.165, 1.54) is 31.5 Å². The SMILES string of the molecule is C[C@H](Cn1c(CN2CC[C@H](Oc3ccnc(COc4ncc(C#N)cc4F)n3)C[C@@H]2C)nc2ccc(C(=O)O)cc21)OC(F)F. The number of piperidine rings is 1. The van der Waals surface area contributed by atoms with Crippen LogP contribution in [0.5, 0.6) is 11.8 Å². The minimum absolute atomic E-state index is 0.0522. The zero-order chi connectivity index (χ0) is 32.1. The van der Waals surface area contributed by atoms with Gasteiger partial charge in [0.15, 0.2) is 11.6 Å². The molecular weight excluding hydrogens is 595 g/mol. The number of halogens is 3. The van der Waals surface area contributed by atoms with Crippen molar-refractivity contribution in [3.8, 4) is 17.8 Å². The smallest absolute Gasteiger partial charge is 0.345 e. The van der Waals surface area contributed by atoms with Gasteiger partial charge in [-0.15, -0.1) is 0 Å². The third-order valence-corrected chi connectivity index (χ3v) is 7.40. The molecule has 3 aromatic heterocycles. The molecule has 1 aliphatic heterocycles. The van der Waals surface area contributed by atoms with Crippen LogP contribution >= 0.6 is 0 Å². The van der Waals surface area contributed by atoms with Gasteiger partial charge in [-0.2, -0.15) is 19.0 Å². The number of alkyl halides is 2. The van der Waals surface area contributed by atoms with Crippen LogP contribution in [0, 0.1) is 17.1 Å². The van der Waals surface area contributed by atoms with Gasteiger partial charge in [-0.3, -0.25) is 4.90 Å². The van der Waals surface area contributed by atoms with Crippen molar-refractivity contribution in [2.45, 2.75) is 71.2 Å². The highest BCUT2D eigenvalue weighted by atomic mass is 19.3. The molecule has 4 heterocycles. The maximum Gasteiger partial charge on any atom is 0.345 e. The van der Waals surface area contributed by atoms with Gasteiger partial charge >= 0.3 is 12.6 Å². The lowest BCUT2D eigenvalue weighted by molar-refractivity contribution is -0.160. The van der Waals surface area contributed by atoms with E-state index in [4.69, 9.17) is 19.7 Å². The second kappa shape index (κ2) is 13.9. The summed E-state index contributed by atoms with van der Waals surface area (Å²) in [5.74, 6) is -0.919. The van der Waals surface area contributed by atoms with E-state index in [2.05, 4.69) is 24.6 Å². The quantitative estimate of drug-likeness (QED) is 0.236. The largest absolute Gasteiger partial charge is 0.478 e. The second-order valence-electron chi connectivity index (χ2n) is 10.7. The molecule has 1 saturated heterocycles. The Bertz CT molecular complexity index is 1710. The highest BCUT2D eigenvalue weighted by Crippen LogP contribution is 2.26. The fraction of sp³-hybridized carbons (Fsp3) is 0.400. The van der Waals surface area contributed by atoms with Gasteiger partial charge < -0.3 is 23.9 Å². The highest BCUT2D eigenvalue weighted by Gasteiger charge is 2.29. The van der Waals surface area contributed by atoms with Crippen LogP contribution in [0.1, 0.15) is 54.3 Å². The van der Waals surface area contributed by atoms with E-state index in [1.807, 2.05) is 6.92 Å². The number of nitriles is 1. The van der Waals surface area contributed by atoms with E-state index < -0.39 is 24.5 Å². The normalized spacial score (nSPS) is 17.7. The number of benzene rings is 1. The van der Waals surface area contributed by atoms with E-state index >= 15 is 0 Å². The molecule has 12 nitrogen and oxygen atoms in total. The van der Waals surface area contributed by atoms with Gasteiger partial charge in [0.2, 0.25) is 5.88 Å². The van der Waals surface area contributed by atoms with Crippen molar-refractivity contribution < 1.29 is 37.3 Å². The number of carboxylic acids is 1. The molecule has 1 fully saturated rings. The summed E-state index contributed by atoms with van der Waals surface area (Å²) in [6, 6.07) is 9.08. The van der Waals surface area contributed by atoms with Crippen molar-refractivity contribution >= 4 is 17.0 Å². The topological polar surface area (TPSA) is 149 Å². The first-order valence-corrected chi connectivity index (χ1v) is 14.2. The molecule has 15 heteroatoms. The number of carbonyl (C=O) groups is 1. The Balaban J connectivity index is 1.23. The molecule has 0 unspecified atom stereocenters. The summed E-state index contributed by atoms with van der Waals surface area (Å²) in [7, 11) is 0. The summed E-state index contributed by atoms with van der Waals surface area (Å²) in [6.45, 7) is 1.60. The van der Waals surface area contributed by atoms with E-state index in [0.29, 0.717) is 48.7 Å². The van der Waals surface area contributed by atoms with Crippen molar-refractivity contribution in [3.63, 3.8) is 0 Å². The summed E-state index contributed by atoms with van der Waals surface area (Å²) in [6.07, 6.45) is 3.04. The lowest BCUT2D eigenvalue weighted by atomic mass is 10.0. The molecular formula is C30H30F3N7O5. The molecule has 236 valence electrons. The van der Waals surface area contributed by atoms with Gasteiger partial charge in [-0.05, 0) is 51.0 Å². The lowest BCUT2D eigenvalue weighted by Crippen LogP contribution is -2.44. The lowest BCUT2D eigenvalue weighted by Gasteiger charge is -2.37. The van der Waals surface area contributed by atoms with Crippen LogP contribution in [-0.4, -0.2) is 71.9 Å². The van der Waals surface area contributed by atoms with Gasteiger partial charge in [-0.1, -0.05) is 0 Å². The summed E-state index contributed by atoms with van der Waals surface area (Å²) < 4.78 is 57.8. The van der Waals surface area contributed by atoms with Crippen LogP contribution in [0.25, 0.3) is 11.0 Å². The summed E-state index contributed by atoms with van der Waals surface area (Å²) in [4.78, 5) is 30.8. The number of pyridine rings is 1. The number of aromatic carboxylic acids is 1. The maximum atomic E-state index is 14.1. The minimum Gasteiger partial charge on any atom is -0.478 e. The predicted molar refractivity (Wildman–Crippen MR) is 152 cm³/mol. The van der Waals surface area contributed by atoms with Gasteiger partial charge in [-0.25, -0.2) is 24.1 Å². The number of carboxylic acid groups (broad SMARTS) is 1. The number of imidazole rings is 1. The third-order valence-electron chi connectivity index (χ3n) is 7.40. The predicted octanol–water partition coefficient (Wildman–Crippen LogP) is 4.57. The van der Waals surface area contributed by atoms with E-state index in [0.717, 1.165) is 6.07 Å². The number of likely N-dealkylation sites (tertiary alicyclic amines) is 1. The standard InChI is InChI=1S/C30H30F3N7O5/c1-17-9-21(45-27-5-7-35-25(38-27)16-43-28-22(31)10-19(12-34)13-36-28)6-8-39(17)15-26-37-23-4-3-20(29(41)42)11-24(23)40(26)14-18(2)44-30(32)33/h3-5,7,10-11,13,17-18,21,30H,6,8-9,14-16H2,1-2H3,(H,41,42)/t17-,18+,21-/m0/s1. The molecule has 1 N–H and O–H groups in total. The monoisotopic (exact) mass is 625 g/mol. The van der Waals surface area contributed by atoms with E-state index in [1.54, 1.807) is 22.8 Å². The van der Waals surface area contributed by atoms with E-state index in [-0.39, 0.29) is 48.1 Å². The van der Waals surface area contributed by atoms with Crippen molar-refractivity contribution in [3.05, 3.63) is 71.3 Å². The molecule has 0 bridgehead atoms. The van der Waals surface area contributed by atoms with Gasteiger partial charge in [0.1, 0.15) is 24.6 Å². The molecule has 0 aliphatic carbocycles. The van der Waals surface area contributed by atoms with Crippen molar-refractivity contribution in [2.75, 3.05) is 6.54 Å². The minimum atomic E-state index is -2.94. The average Bonchev–Trinajstić information content (AvgIpc) is 3.33. The number of aromatic nitrogens is 5. The first-order chi connectivity index (χ1) is 21.6. The summed E-state index contributed by atoms with van der Waals surface area (Å²) >= 11 is 0. The molecule has 45 heavy (non-hydrogen) atoms. The molecule has 0 saturated carbocycles. The molecule has 1 aliphatic rings. The highest BCUT2D eigenvalue weighted by molar-refractivity contribution is 5.92. The Morgan fingerprint density at radius 2 is 2.04 bits per heavy atom. The van der Waals surface area contributed by atoms with Crippen LogP contribution in [0.4, 0.5) is 13.2 Å². The second-order valence-corrected chi connectivity index (χ2v) is 10.7. The number of hydrogen-bond acceptors (Lipinski definition) is 10. The number of nitrogens with zero attached hydrogens (tertiary/aromatic N) is 7. The fourth-order valence-electron chi connectivity index (χ4n) is 5.22. The van der Waals surface area contributed by atoms with Gasteiger partial charge in [0.05, 0.1) is 41.4 Å². The maximum absolute atomic E-state index is 14.1. The summed E-state index contributed by atoms with van der Waals surface area (Å²) in [5, 5.41) is 18.3. The Hall–Kier alpha value is -4.81. The van der Waals surface area contributed by atoms with Crippen molar-refractivity contribution in [1.82, 2.24) is 29.4 Å². The molecule has 3 atom stereocenters. The van der Waals surface area contributed by atoms with Crippen molar-refractivity contribution in [1.29, 1.82) is 5.26 Å². The zero-order valence-electron chi connectivity index (χ0n) is 24.4. The fourth-order valence-corrected chi connectivity index (χ4v) is 5.22. The number of rotatable bonds is 12. The first-order valence-electron chi connectivity index (χ1n) is 14.2. The molecule has 5 rings (SSSR count). The van der Waals surface area contributed by atoms with Crippen LogP contribution in [0.15, 0.2) is 42.7 Å². The molecule has 1 aromatic carbocycles. The molecule has 0 radical (unpaired) electrons. The Morgan fingerprint density at radius 3 is 2.76 bits per heavy atom. The Kier molecular flexibility index (Phi) is 9.74. The van der Waals surface area contributed by atoms with Crippen LogP contribution in [0.3, 0.4) is 0 Å². The zero-order valence-corrected chi connectivity index (χ0v) is 24.4. The molecule has 0 spiro atoms. The number of hydrogen-bond donors (Lipinski definition) is 1. The number of ether oxygens (including phenoxy) is 3. The van der Waals surface area contributed by atoms with Crippen molar-refractivity contribution in [2.24, 2.45) is 0 Å². The van der Waals surface area contributed by atoms with Crippen LogP contribution in [-0.2, 0) is 24.4 Å². The number of fused-ring (bicyclic) bond motifs is 1. The summed E-state index contributed by atoms with van der Waals surface area (Å²) in [5.41, 5.74) is 1.24. The van der Waals surface area contributed by atoms with Gasteiger partial charge in [0.25, 0.3) is 5.88 Å². The average molecular weight is 626 g/mol. The third kappa shape index (κ3) is 7.83. The molecule has 0 amide bonds. The van der Waals surface area contributed by atoms with Gasteiger partial charge in [0, 0.05) is 31.0 Å². The first kappa shape index (κ1) is 31.6. The van der Waals surface area contributed by atoms with E-state index in [9.17, 15) is 23.1 Å². The molecule has 4 aromatic rings. The Morgan fingerprint density at radius 1 is 1.22 bits per heavy atom. The Labute approximate surface area is 256 Å².